The van der Waals surface area contributed by atoms with Gasteiger partial charge in [-0.25, -0.2) is 0 Å². The van der Waals surface area contributed by atoms with Crippen molar-refractivity contribution in [1.29, 1.82) is 0 Å². The van der Waals surface area contributed by atoms with E-state index in [0.717, 1.165) is 26.9 Å². The summed E-state index contributed by atoms with van der Waals surface area (Å²) in [5, 5.41) is 2.99. The van der Waals surface area contributed by atoms with Gasteiger partial charge in [0.25, 0.3) is 11.8 Å². The Bertz CT molecular complexity index is 1170. The van der Waals surface area contributed by atoms with Gasteiger partial charge in [-0.15, -0.1) is 11.3 Å². The third-order valence-electron chi connectivity index (χ3n) is 5.56. The number of H-pyrrole nitrogens is 1. The van der Waals surface area contributed by atoms with Crippen molar-refractivity contribution in [2.75, 3.05) is 26.2 Å². The molecule has 4 aromatic rings. The molecule has 1 saturated heterocycles. The maximum Gasteiger partial charge on any atom is 0.270 e. The van der Waals surface area contributed by atoms with Gasteiger partial charge in [-0.3, -0.25) is 9.59 Å². The zero-order valence-corrected chi connectivity index (χ0v) is 17.2. The summed E-state index contributed by atoms with van der Waals surface area (Å²) < 4.78 is 0. The zero-order valence-electron chi connectivity index (χ0n) is 16.4. The molecule has 5 rings (SSSR count). The fourth-order valence-corrected chi connectivity index (χ4v) is 4.82. The van der Waals surface area contributed by atoms with Gasteiger partial charge < -0.3 is 14.8 Å². The first kappa shape index (κ1) is 18.6. The summed E-state index contributed by atoms with van der Waals surface area (Å²) in [5.41, 5.74) is 3.58. The van der Waals surface area contributed by atoms with Gasteiger partial charge in [-0.05, 0) is 29.1 Å². The molecule has 0 atom stereocenters. The smallest absolute Gasteiger partial charge is 0.270 e. The molecule has 5 nitrogen and oxygen atoms in total. The van der Waals surface area contributed by atoms with E-state index in [2.05, 4.69) is 4.98 Å². The molecular weight excluding hydrogens is 394 g/mol. The van der Waals surface area contributed by atoms with E-state index in [9.17, 15) is 9.59 Å². The summed E-state index contributed by atoms with van der Waals surface area (Å²) in [6.07, 6.45) is 0. The molecule has 1 aliphatic rings. The Morgan fingerprint density at radius 3 is 2.20 bits per heavy atom. The Kier molecular flexibility index (Phi) is 4.85. The SMILES string of the molecule is O=C(c1cc2ccccc2[nH]1)N1CCN(C(=O)c2sccc2-c2ccccc2)CC1. The molecule has 6 heteroatoms. The Balaban J connectivity index is 1.28. The number of amides is 2. The minimum atomic E-state index is -0.0144. The quantitative estimate of drug-likeness (QED) is 0.536. The monoisotopic (exact) mass is 415 g/mol. The number of thiophene rings is 1. The topological polar surface area (TPSA) is 56.4 Å². The highest BCUT2D eigenvalue weighted by Gasteiger charge is 2.28. The molecule has 0 aliphatic carbocycles. The average Bonchev–Trinajstić information content (AvgIpc) is 3.46. The van der Waals surface area contributed by atoms with Crippen molar-refractivity contribution in [3.8, 4) is 11.1 Å². The van der Waals surface area contributed by atoms with Gasteiger partial charge in [-0.1, -0.05) is 48.5 Å². The number of carbonyl (C=O) groups is 2. The van der Waals surface area contributed by atoms with E-state index in [0.29, 0.717) is 31.9 Å². The van der Waals surface area contributed by atoms with Crippen molar-refractivity contribution >= 4 is 34.1 Å². The molecule has 1 N–H and O–H groups in total. The van der Waals surface area contributed by atoms with Crippen LogP contribution in [0.25, 0.3) is 22.0 Å². The molecule has 2 amide bonds. The van der Waals surface area contributed by atoms with Crippen LogP contribution in [0.2, 0.25) is 0 Å². The number of nitrogens with zero attached hydrogens (tertiary/aromatic N) is 2. The van der Waals surface area contributed by atoms with Crippen LogP contribution < -0.4 is 0 Å². The zero-order chi connectivity index (χ0) is 20.5. The van der Waals surface area contributed by atoms with Crippen LogP contribution in [0.5, 0.6) is 0 Å². The molecule has 2 aromatic carbocycles. The van der Waals surface area contributed by atoms with E-state index in [1.165, 1.54) is 11.3 Å². The molecule has 2 aromatic heterocycles. The minimum absolute atomic E-state index is 0.0144. The summed E-state index contributed by atoms with van der Waals surface area (Å²) in [5.74, 6) is 0.0287. The lowest BCUT2D eigenvalue weighted by atomic mass is 10.1. The third kappa shape index (κ3) is 3.39. The fraction of sp³-hybridized carbons (Fsp3) is 0.167. The van der Waals surface area contributed by atoms with Crippen molar-refractivity contribution in [3.05, 3.63) is 82.7 Å². The number of hydrogen-bond acceptors (Lipinski definition) is 3. The molecule has 3 heterocycles. The Morgan fingerprint density at radius 1 is 0.800 bits per heavy atom. The van der Waals surface area contributed by atoms with Crippen molar-refractivity contribution in [2.24, 2.45) is 0 Å². The number of rotatable bonds is 3. The molecule has 150 valence electrons. The number of aromatic amines is 1. The van der Waals surface area contributed by atoms with Gasteiger partial charge in [0.1, 0.15) is 5.69 Å². The van der Waals surface area contributed by atoms with Crippen LogP contribution in [0.1, 0.15) is 20.2 Å². The number of aromatic nitrogens is 1. The van der Waals surface area contributed by atoms with Gasteiger partial charge >= 0.3 is 0 Å². The van der Waals surface area contributed by atoms with Crippen LogP contribution in [0.3, 0.4) is 0 Å². The first-order valence-corrected chi connectivity index (χ1v) is 10.9. The minimum Gasteiger partial charge on any atom is -0.351 e. The molecule has 30 heavy (non-hydrogen) atoms. The van der Waals surface area contributed by atoms with Crippen LogP contribution in [0.4, 0.5) is 0 Å². The van der Waals surface area contributed by atoms with Crippen molar-refractivity contribution in [2.45, 2.75) is 0 Å². The van der Waals surface area contributed by atoms with Gasteiger partial charge in [0.2, 0.25) is 0 Å². The van der Waals surface area contributed by atoms with E-state index >= 15 is 0 Å². The van der Waals surface area contributed by atoms with Crippen LogP contribution in [0.15, 0.2) is 72.1 Å². The molecule has 1 fully saturated rings. The lowest BCUT2D eigenvalue weighted by Gasteiger charge is -2.34. The molecule has 0 bridgehead atoms. The third-order valence-corrected chi connectivity index (χ3v) is 6.46. The molecule has 0 radical (unpaired) electrons. The normalized spacial score (nSPS) is 14.3. The van der Waals surface area contributed by atoms with Gasteiger partial charge in [0.15, 0.2) is 0 Å². The van der Waals surface area contributed by atoms with Crippen LogP contribution in [-0.2, 0) is 0 Å². The Morgan fingerprint density at radius 2 is 1.47 bits per heavy atom. The number of piperazine rings is 1. The second-order valence-electron chi connectivity index (χ2n) is 7.38. The Labute approximate surface area is 178 Å². The second-order valence-corrected chi connectivity index (χ2v) is 8.30. The largest absolute Gasteiger partial charge is 0.351 e. The number of hydrogen-bond donors (Lipinski definition) is 1. The van der Waals surface area contributed by atoms with E-state index in [1.54, 1.807) is 0 Å². The highest BCUT2D eigenvalue weighted by molar-refractivity contribution is 7.12. The maximum atomic E-state index is 13.1. The number of fused-ring (bicyclic) bond motifs is 1. The molecule has 0 saturated carbocycles. The highest BCUT2D eigenvalue weighted by Crippen LogP contribution is 2.29. The first-order valence-electron chi connectivity index (χ1n) is 10.00. The van der Waals surface area contributed by atoms with Gasteiger partial charge in [-0.2, -0.15) is 0 Å². The Hall–Kier alpha value is -3.38. The van der Waals surface area contributed by atoms with Crippen molar-refractivity contribution in [3.63, 3.8) is 0 Å². The molecule has 1 aliphatic heterocycles. The lowest BCUT2D eigenvalue weighted by Crippen LogP contribution is -2.50. The van der Waals surface area contributed by atoms with E-state index < -0.39 is 0 Å². The van der Waals surface area contributed by atoms with E-state index in [4.69, 9.17) is 0 Å². The van der Waals surface area contributed by atoms with Crippen molar-refractivity contribution < 1.29 is 9.59 Å². The summed E-state index contributed by atoms with van der Waals surface area (Å²) in [6, 6.07) is 21.8. The standard InChI is InChI=1S/C24H21N3O2S/c28-23(21-16-18-8-4-5-9-20(18)25-21)26-11-13-27(14-12-26)24(29)22-19(10-15-30-22)17-6-2-1-3-7-17/h1-10,15-16,25H,11-14H2. The summed E-state index contributed by atoms with van der Waals surface area (Å²) in [6.45, 7) is 2.14. The number of nitrogens with one attached hydrogen (secondary N) is 1. The average molecular weight is 416 g/mol. The number of para-hydroxylation sites is 1. The van der Waals surface area contributed by atoms with Crippen LogP contribution in [0, 0.1) is 0 Å². The fourth-order valence-electron chi connectivity index (χ4n) is 3.94. The first-order chi connectivity index (χ1) is 14.7. The second kappa shape index (κ2) is 7.80. The van der Waals surface area contributed by atoms with Crippen LogP contribution >= 0.6 is 11.3 Å². The maximum absolute atomic E-state index is 13.1. The molecule has 0 spiro atoms. The number of carbonyl (C=O) groups excluding carboxylic acids is 2. The lowest BCUT2D eigenvalue weighted by molar-refractivity contribution is 0.0536. The molecular formula is C24H21N3O2S. The summed E-state index contributed by atoms with van der Waals surface area (Å²) >= 11 is 1.48. The number of benzene rings is 2. The highest BCUT2D eigenvalue weighted by atomic mass is 32.1. The van der Waals surface area contributed by atoms with E-state index in [1.807, 2.05) is 81.9 Å². The predicted molar refractivity (Wildman–Crippen MR) is 120 cm³/mol. The predicted octanol–water partition coefficient (Wildman–Crippen LogP) is 4.49. The van der Waals surface area contributed by atoms with Gasteiger partial charge in [0, 0.05) is 42.6 Å². The van der Waals surface area contributed by atoms with Crippen LogP contribution in [-0.4, -0.2) is 52.8 Å². The van der Waals surface area contributed by atoms with Crippen molar-refractivity contribution in [1.82, 2.24) is 14.8 Å². The summed E-state index contributed by atoms with van der Waals surface area (Å²) in [4.78, 5) is 33.7. The summed E-state index contributed by atoms with van der Waals surface area (Å²) in [7, 11) is 0. The molecule has 0 unspecified atom stereocenters. The van der Waals surface area contributed by atoms with Gasteiger partial charge in [0.05, 0.1) is 4.88 Å². The van der Waals surface area contributed by atoms with E-state index in [-0.39, 0.29) is 11.8 Å².